The van der Waals surface area contributed by atoms with E-state index in [1.54, 1.807) is 37.6 Å². The van der Waals surface area contributed by atoms with Crippen molar-refractivity contribution in [2.45, 2.75) is 6.42 Å². The summed E-state index contributed by atoms with van der Waals surface area (Å²) in [7, 11) is -1.18. The molecule has 1 heterocycles. The number of para-hydroxylation sites is 1. The topological polar surface area (TPSA) is 63.7 Å². The highest BCUT2D eigenvalue weighted by atomic mass is 31.2. The molecule has 0 N–H and O–H groups in total. The quantitative estimate of drug-likeness (QED) is 0.625. The van der Waals surface area contributed by atoms with Crippen LogP contribution < -0.4 is 10.2 Å². The molecule has 0 spiro atoms. The summed E-state index contributed by atoms with van der Waals surface area (Å²) in [4.78, 5) is 25.2. The molecule has 1 fully saturated rings. The highest BCUT2D eigenvalue weighted by molar-refractivity contribution is 7.70. The molecule has 1 atom stereocenters. The molecule has 0 aromatic heterocycles. The van der Waals surface area contributed by atoms with Crippen molar-refractivity contribution in [2.75, 3.05) is 31.9 Å². The molecule has 1 unspecified atom stereocenters. The summed E-state index contributed by atoms with van der Waals surface area (Å²) >= 11 is 0. The minimum absolute atomic E-state index is 0.138. The lowest BCUT2D eigenvalue weighted by Crippen LogP contribution is -2.30. The van der Waals surface area contributed by atoms with Crippen LogP contribution in [0, 0.1) is 5.92 Å². The van der Waals surface area contributed by atoms with Gasteiger partial charge in [-0.3, -0.25) is 9.59 Å². The maximum atomic E-state index is 12.3. The van der Waals surface area contributed by atoms with E-state index in [-0.39, 0.29) is 24.8 Å². The summed E-state index contributed by atoms with van der Waals surface area (Å²) in [6, 6.07) is 7.14. The Hall–Kier alpha value is -1.61. The molecule has 0 aliphatic carbocycles. The first-order valence-corrected chi connectivity index (χ1v) is 8.97. The first-order valence-electron chi connectivity index (χ1n) is 6.37. The number of carbonyl (C=O) groups is 2. The first-order chi connectivity index (χ1) is 9.34. The minimum atomic E-state index is -2.50. The number of hydrogen-bond donors (Lipinski definition) is 0. The van der Waals surface area contributed by atoms with Crippen molar-refractivity contribution in [2.24, 2.45) is 5.92 Å². The summed E-state index contributed by atoms with van der Waals surface area (Å²) in [6.07, 6.45) is 0.138. The number of ether oxygens (including phenoxy) is 1. The van der Waals surface area contributed by atoms with E-state index in [1.165, 1.54) is 12.0 Å². The zero-order valence-corrected chi connectivity index (χ0v) is 12.7. The second-order valence-corrected chi connectivity index (χ2v) is 8.45. The van der Waals surface area contributed by atoms with Gasteiger partial charge in [0.05, 0.1) is 18.7 Å². The fourth-order valence-electron chi connectivity index (χ4n) is 2.41. The summed E-state index contributed by atoms with van der Waals surface area (Å²) in [5, 5.41) is 0.666. The van der Waals surface area contributed by atoms with Gasteiger partial charge in [-0.2, -0.15) is 0 Å². The van der Waals surface area contributed by atoms with Crippen LogP contribution in [0.3, 0.4) is 0 Å². The van der Waals surface area contributed by atoms with E-state index in [0.29, 0.717) is 11.0 Å². The maximum Gasteiger partial charge on any atom is 0.311 e. The highest BCUT2D eigenvalue weighted by Gasteiger charge is 2.37. The van der Waals surface area contributed by atoms with Crippen LogP contribution in [0.4, 0.5) is 5.69 Å². The summed E-state index contributed by atoms with van der Waals surface area (Å²) in [6.45, 7) is 3.62. The molecule has 0 radical (unpaired) electrons. The Morgan fingerprint density at radius 1 is 1.35 bits per heavy atom. The Morgan fingerprint density at radius 3 is 2.60 bits per heavy atom. The van der Waals surface area contributed by atoms with Gasteiger partial charge in [0.1, 0.15) is 7.14 Å². The van der Waals surface area contributed by atoms with Crippen LogP contribution >= 0.6 is 7.14 Å². The number of hydrogen-bond acceptors (Lipinski definition) is 4. The van der Waals surface area contributed by atoms with Gasteiger partial charge in [0.15, 0.2) is 0 Å². The van der Waals surface area contributed by atoms with Gasteiger partial charge < -0.3 is 14.2 Å². The van der Waals surface area contributed by atoms with E-state index in [4.69, 9.17) is 4.74 Å². The number of benzene rings is 1. The molecular weight excluding hydrogens is 277 g/mol. The van der Waals surface area contributed by atoms with Crippen molar-refractivity contribution < 1.29 is 18.9 Å². The predicted octanol–water partition coefficient (Wildman–Crippen LogP) is 1.46. The maximum absolute atomic E-state index is 12.3. The zero-order valence-electron chi connectivity index (χ0n) is 11.8. The predicted molar refractivity (Wildman–Crippen MR) is 78.0 cm³/mol. The van der Waals surface area contributed by atoms with Crippen LogP contribution in [0.2, 0.25) is 0 Å². The van der Waals surface area contributed by atoms with Crippen molar-refractivity contribution in [1.82, 2.24) is 0 Å². The SMILES string of the molecule is COC(=O)C1CC(=O)N(c2ccccc2P(C)(C)=O)C1. The Bertz CT molecular complexity index is 593. The average Bonchev–Trinajstić information content (AvgIpc) is 2.79. The molecule has 1 aromatic rings. The third kappa shape index (κ3) is 2.78. The number of rotatable bonds is 3. The van der Waals surface area contributed by atoms with E-state index in [2.05, 4.69) is 0 Å². The first kappa shape index (κ1) is 14.8. The molecule has 5 nitrogen and oxygen atoms in total. The number of methoxy groups -OCH3 is 1. The number of carbonyl (C=O) groups excluding carboxylic acids is 2. The van der Waals surface area contributed by atoms with Crippen molar-refractivity contribution in [1.29, 1.82) is 0 Å². The molecule has 0 saturated carbocycles. The van der Waals surface area contributed by atoms with Gasteiger partial charge in [-0.15, -0.1) is 0 Å². The van der Waals surface area contributed by atoms with Gasteiger partial charge in [0.25, 0.3) is 0 Å². The molecule has 1 saturated heterocycles. The molecule has 1 aliphatic rings. The molecule has 0 bridgehead atoms. The van der Waals surface area contributed by atoms with Gasteiger partial charge in [0.2, 0.25) is 5.91 Å². The second kappa shape index (κ2) is 5.41. The zero-order chi connectivity index (χ0) is 14.9. The third-order valence-electron chi connectivity index (χ3n) is 3.41. The lowest BCUT2D eigenvalue weighted by molar-refractivity contribution is -0.145. The van der Waals surface area contributed by atoms with E-state index in [0.717, 1.165) is 0 Å². The molecule has 20 heavy (non-hydrogen) atoms. The molecule has 1 aliphatic heterocycles. The number of amides is 1. The van der Waals surface area contributed by atoms with Crippen LogP contribution in [-0.2, 0) is 18.9 Å². The van der Waals surface area contributed by atoms with Crippen LogP contribution in [0.5, 0.6) is 0 Å². The minimum Gasteiger partial charge on any atom is -0.469 e. The number of anilines is 1. The monoisotopic (exact) mass is 295 g/mol. The van der Waals surface area contributed by atoms with E-state index >= 15 is 0 Å². The Labute approximate surface area is 118 Å². The standard InChI is InChI=1S/C14H18NO4P/c1-19-14(17)10-8-13(16)15(9-10)11-6-4-5-7-12(11)20(2,3)18/h4-7,10H,8-9H2,1-3H3. The Morgan fingerprint density at radius 2 is 2.00 bits per heavy atom. The number of esters is 1. The molecule has 1 aromatic carbocycles. The van der Waals surface area contributed by atoms with E-state index in [1.807, 2.05) is 0 Å². The van der Waals surface area contributed by atoms with Gasteiger partial charge in [-0.05, 0) is 25.5 Å². The second-order valence-electron chi connectivity index (χ2n) is 5.27. The van der Waals surface area contributed by atoms with Gasteiger partial charge >= 0.3 is 5.97 Å². The largest absolute Gasteiger partial charge is 0.469 e. The molecule has 108 valence electrons. The summed E-state index contributed by atoms with van der Waals surface area (Å²) < 4.78 is 17.0. The summed E-state index contributed by atoms with van der Waals surface area (Å²) in [5.74, 6) is -0.968. The summed E-state index contributed by atoms with van der Waals surface area (Å²) in [5.41, 5.74) is 0.636. The van der Waals surface area contributed by atoms with E-state index in [9.17, 15) is 14.2 Å². The van der Waals surface area contributed by atoms with Gasteiger partial charge in [-0.25, -0.2) is 0 Å². The van der Waals surface area contributed by atoms with Gasteiger partial charge in [-0.1, -0.05) is 12.1 Å². The van der Waals surface area contributed by atoms with Crippen molar-refractivity contribution in [3.63, 3.8) is 0 Å². The van der Waals surface area contributed by atoms with Crippen molar-refractivity contribution in [3.8, 4) is 0 Å². The van der Waals surface area contributed by atoms with Crippen LogP contribution in [0.15, 0.2) is 24.3 Å². The molecule has 2 rings (SSSR count). The molecular formula is C14H18NO4P. The fourth-order valence-corrected chi connectivity index (χ4v) is 3.60. The Balaban J connectivity index is 2.36. The lowest BCUT2D eigenvalue weighted by atomic mass is 10.1. The van der Waals surface area contributed by atoms with Crippen molar-refractivity contribution >= 4 is 30.0 Å². The molecule has 1 amide bonds. The van der Waals surface area contributed by atoms with E-state index < -0.39 is 13.1 Å². The van der Waals surface area contributed by atoms with Crippen LogP contribution in [0.25, 0.3) is 0 Å². The number of nitrogens with zero attached hydrogens (tertiary/aromatic N) is 1. The lowest BCUT2D eigenvalue weighted by Gasteiger charge is -2.21. The molecule has 6 heteroatoms. The third-order valence-corrected chi connectivity index (χ3v) is 4.95. The Kier molecular flexibility index (Phi) is 4.00. The highest BCUT2D eigenvalue weighted by Crippen LogP contribution is 2.39. The normalized spacial score (nSPS) is 19.2. The fraction of sp³-hybridized carbons (Fsp3) is 0.429. The average molecular weight is 295 g/mol. The van der Waals surface area contributed by atoms with Crippen LogP contribution in [0.1, 0.15) is 6.42 Å². The van der Waals surface area contributed by atoms with Gasteiger partial charge in [0, 0.05) is 18.3 Å². The van der Waals surface area contributed by atoms with Crippen LogP contribution in [-0.4, -0.2) is 38.9 Å². The van der Waals surface area contributed by atoms with Crippen molar-refractivity contribution in [3.05, 3.63) is 24.3 Å². The smallest absolute Gasteiger partial charge is 0.311 e.